The fourth-order valence-corrected chi connectivity index (χ4v) is 2.86. The summed E-state index contributed by atoms with van der Waals surface area (Å²) in [4.78, 5) is 4.72. The van der Waals surface area contributed by atoms with E-state index in [0.717, 1.165) is 12.1 Å². The molecule has 0 aliphatic heterocycles. The zero-order valence-electron chi connectivity index (χ0n) is 14.1. The van der Waals surface area contributed by atoms with Gasteiger partial charge in [0, 0.05) is 17.3 Å². The second kappa shape index (κ2) is 6.37. The van der Waals surface area contributed by atoms with Crippen molar-refractivity contribution in [1.82, 2.24) is 4.98 Å². The van der Waals surface area contributed by atoms with Gasteiger partial charge in [-0.2, -0.15) is 0 Å². The van der Waals surface area contributed by atoms with Crippen LogP contribution in [0.5, 0.6) is 0 Å². The van der Waals surface area contributed by atoms with Gasteiger partial charge in [-0.3, -0.25) is 4.98 Å². The fourth-order valence-electron chi connectivity index (χ4n) is 2.86. The van der Waals surface area contributed by atoms with Crippen LogP contribution in [0.2, 0.25) is 0 Å². The minimum absolute atomic E-state index is 0.235. The topological polar surface area (TPSA) is 12.9 Å². The first kappa shape index (κ1) is 15.5. The first-order valence-electron chi connectivity index (χ1n) is 8.13. The summed E-state index contributed by atoms with van der Waals surface area (Å²) in [5.74, 6) is 0. The Hall–Kier alpha value is -2.41. The molecule has 3 rings (SSSR count). The molecule has 0 aliphatic carbocycles. The van der Waals surface area contributed by atoms with Crippen LogP contribution in [0.3, 0.4) is 0 Å². The average Bonchev–Trinajstić information content (AvgIpc) is 2.55. The van der Waals surface area contributed by atoms with Crippen molar-refractivity contribution in [2.45, 2.75) is 27.2 Å². The predicted octanol–water partition coefficient (Wildman–Crippen LogP) is 6.00. The highest BCUT2D eigenvalue weighted by molar-refractivity contribution is 5.70. The number of hydrogen-bond donors (Lipinski definition) is 0. The molecular formula is C22H23N. The minimum atomic E-state index is 0.235. The molecular weight excluding hydrogens is 278 g/mol. The van der Waals surface area contributed by atoms with Gasteiger partial charge in [0.1, 0.15) is 0 Å². The summed E-state index contributed by atoms with van der Waals surface area (Å²) in [6, 6.07) is 23.2. The molecule has 0 radical (unpaired) electrons. The van der Waals surface area contributed by atoms with E-state index in [1.807, 2.05) is 12.3 Å². The molecule has 0 atom stereocenters. The quantitative estimate of drug-likeness (QED) is 0.577. The fraction of sp³-hybridized carbons (Fsp3) is 0.227. The zero-order valence-corrected chi connectivity index (χ0v) is 14.1. The van der Waals surface area contributed by atoms with Crippen LogP contribution in [0.1, 0.15) is 26.3 Å². The summed E-state index contributed by atoms with van der Waals surface area (Å²) < 4.78 is 0. The molecule has 116 valence electrons. The lowest BCUT2D eigenvalue weighted by atomic mass is 9.85. The van der Waals surface area contributed by atoms with Crippen LogP contribution in [0.25, 0.3) is 22.4 Å². The van der Waals surface area contributed by atoms with Crippen LogP contribution in [-0.4, -0.2) is 4.98 Å². The van der Waals surface area contributed by atoms with E-state index in [1.54, 1.807) is 0 Å². The molecule has 1 heteroatoms. The molecule has 0 saturated carbocycles. The Bertz CT molecular complexity index is 768. The number of aromatic nitrogens is 1. The second-order valence-electron chi connectivity index (χ2n) is 7.20. The van der Waals surface area contributed by atoms with E-state index in [0.29, 0.717) is 0 Å². The Kier molecular flexibility index (Phi) is 4.29. The number of pyridine rings is 1. The van der Waals surface area contributed by atoms with Crippen molar-refractivity contribution in [3.63, 3.8) is 0 Å². The van der Waals surface area contributed by atoms with Crippen LogP contribution < -0.4 is 0 Å². The maximum absolute atomic E-state index is 4.72. The molecule has 1 heterocycles. The Balaban J connectivity index is 2.10. The molecule has 0 spiro atoms. The zero-order chi connectivity index (χ0) is 16.3. The minimum Gasteiger partial charge on any atom is -0.256 e. The first-order chi connectivity index (χ1) is 11.0. The average molecular weight is 301 g/mol. The third kappa shape index (κ3) is 3.87. The van der Waals surface area contributed by atoms with Crippen molar-refractivity contribution >= 4 is 0 Å². The van der Waals surface area contributed by atoms with Crippen LogP contribution in [0, 0.1) is 5.41 Å². The predicted molar refractivity (Wildman–Crippen MR) is 98.3 cm³/mol. The highest BCUT2D eigenvalue weighted by atomic mass is 14.7. The van der Waals surface area contributed by atoms with Gasteiger partial charge in [-0.25, -0.2) is 0 Å². The Labute approximate surface area is 139 Å². The van der Waals surface area contributed by atoms with E-state index < -0.39 is 0 Å². The van der Waals surface area contributed by atoms with E-state index in [2.05, 4.69) is 81.4 Å². The number of rotatable bonds is 3. The maximum Gasteiger partial charge on any atom is 0.0705 e. The van der Waals surface area contributed by atoms with Gasteiger partial charge in [0.05, 0.1) is 5.69 Å². The van der Waals surface area contributed by atoms with E-state index in [1.165, 1.54) is 22.3 Å². The van der Waals surface area contributed by atoms with Crippen molar-refractivity contribution in [3.05, 3.63) is 78.5 Å². The summed E-state index contributed by atoms with van der Waals surface area (Å²) in [6.07, 6.45) is 3.05. The van der Waals surface area contributed by atoms with Crippen LogP contribution in [-0.2, 0) is 6.42 Å². The van der Waals surface area contributed by atoms with Gasteiger partial charge in [-0.1, -0.05) is 81.4 Å². The summed E-state index contributed by atoms with van der Waals surface area (Å²) in [7, 11) is 0. The Morgan fingerprint density at radius 3 is 1.91 bits per heavy atom. The molecule has 0 aliphatic rings. The Morgan fingerprint density at radius 1 is 0.783 bits per heavy atom. The van der Waals surface area contributed by atoms with Crippen LogP contribution in [0.4, 0.5) is 0 Å². The van der Waals surface area contributed by atoms with Crippen LogP contribution >= 0.6 is 0 Å². The molecule has 23 heavy (non-hydrogen) atoms. The lowest BCUT2D eigenvalue weighted by molar-refractivity contribution is 0.411. The van der Waals surface area contributed by atoms with E-state index in [-0.39, 0.29) is 5.41 Å². The second-order valence-corrected chi connectivity index (χ2v) is 7.20. The largest absolute Gasteiger partial charge is 0.256 e. The van der Waals surface area contributed by atoms with Crippen molar-refractivity contribution in [2.75, 3.05) is 0 Å². The molecule has 2 aromatic carbocycles. The van der Waals surface area contributed by atoms with Gasteiger partial charge < -0.3 is 0 Å². The van der Waals surface area contributed by atoms with E-state index in [4.69, 9.17) is 4.98 Å². The monoisotopic (exact) mass is 301 g/mol. The number of nitrogens with zero attached hydrogens (tertiary/aromatic N) is 1. The lowest BCUT2D eigenvalue weighted by Gasteiger charge is -2.21. The van der Waals surface area contributed by atoms with Crippen molar-refractivity contribution in [1.29, 1.82) is 0 Å². The van der Waals surface area contributed by atoms with Gasteiger partial charge in [0.2, 0.25) is 0 Å². The normalized spacial score (nSPS) is 11.4. The molecule has 0 amide bonds. The van der Waals surface area contributed by atoms with Gasteiger partial charge >= 0.3 is 0 Å². The number of benzene rings is 2. The molecule has 1 aromatic heterocycles. The molecule has 0 bridgehead atoms. The van der Waals surface area contributed by atoms with Crippen molar-refractivity contribution < 1.29 is 0 Å². The van der Waals surface area contributed by atoms with E-state index in [9.17, 15) is 0 Å². The third-order valence-corrected chi connectivity index (χ3v) is 3.86. The SMILES string of the molecule is CC(C)(C)Cc1cc(-c2ccccc2)ncc1-c1ccccc1. The van der Waals surface area contributed by atoms with Gasteiger partial charge in [0.15, 0.2) is 0 Å². The Morgan fingerprint density at radius 2 is 1.35 bits per heavy atom. The van der Waals surface area contributed by atoms with E-state index >= 15 is 0 Å². The highest BCUT2D eigenvalue weighted by Gasteiger charge is 2.16. The van der Waals surface area contributed by atoms with Gasteiger partial charge in [-0.05, 0) is 29.0 Å². The molecule has 0 unspecified atom stereocenters. The molecule has 3 aromatic rings. The standard InChI is InChI=1S/C22H23N/c1-22(2,3)15-19-14-21(18-12-8-5-9-13-18)23-16-20(19)17-10-6-4-7-11-17/h4-14,16H,15H2,1-3H3. The van der Waals surface area contributed by atoms with Gasteiger partial charge in [-0.15, -0.1) is 0 Å². The lowest BCUT2D eigenvalue weighted by Crippen LogP contribution is -2.10. The van der Waals surface area contributed by atoms with Crippen molar-refractivity contribution in [2.24, 2.45) is 5.41 Å². The summed E-state index contributed by atoms with van der Waals surface area (Å²) in [6.45, 7) is 6.85. The third-order valence-electron chi connectivity index (χ3n) is 3.86. The highest BCUT2D eigenvalue weighted by Crippen LogP contribution is 2.31. The molecule has 0 fully saturated rings. The van der Waals surface area contributed by atoms with Gasteiger partial charge in [0.25, 0.3) is 0 Å². The first-order valence-corrected chi connectivity index (χ1v) is 8.13. The molecule has 1 nitrogen and oxygen atoms in total. The van der Waals surface area contributed by atoms with Crippen molar-refractivity contribution in [3.8, 4) is 22.4 Å². The van der Waals surface area contributed by atoms with Crippen LogP contribution in [0.15, 0.2) is 72.9 Å². The molecule has 0 N–H and O–H groups in total. The summed E-state index contributed by atoms with van der Waals surface area (Å²) in [5.41, 5.74) is 6.28. The summed E-state index contributed by atoms with van der Waals surface area (Å²) >= 11 is 0. The molecule has 0 saturated heterocycles. The smallest absolute Gasteiger partial charge is 0.0705 e. The maximum atomic E-state index is 4.72. The summed E-state index contributed by atoms with van der Waals surface area (Å²) in [5, 5.41) is 0. The number of hydrogen-bond acceptors (Lipinski definition) is 1.